The highest BCUT2D eigenvalue weighted by molar-refractivity contribution is 6.00. The third-order valence-corrected chi connectivity index (χ3v) is 3.56. The van der Waals surface area contributed by atoms with Crippen LogP contribution in [0.2, 0.25) is 0 Å². The molecule has 0 amide bonds. The number of rotatable bonds is 2. The highest BCUT2D eigenvalue weighted by Crippen LogP contribution is 2.16. The maximum absolute atomic E-state index is 13.7. The molecule has 1 heterocycles. The topological polar surface area (TPSA) is 23.6 Å². The number of carbonyl (C=O) groups is 1. The molecule has 104 valence electrons. The van der Waals surface area contributed by atoms with E-state index in [0.717, 1.165) is 37.7 Å². The van der Waals surface area contributed by atoms with Crippen molar-refractivity contribution in [3.05, 3.63) is 35.4 Å². The van der Waals surface area contributed by atoms with Gasteiger partial charge >= 0.3 is 0 Å². The SMILES string of the molecule is CN1CCCN(C)C(C(=O)c2cc(F)ccc2F)C1. The van der Waals surface area contributed by atoms with Crippen LogP contribution in [-0.2, 0) is 0 Å². The lowest BCUT2D eigenvalue weighted by Crippen LogP contribution is -2.44. The Hall–Kier alpha value is -1.33. The molecule has 19 heavy (non-hydrogen) atoms. The normalized spacial score (nSPS) is 22.2. The van der Waals surface area contributed by atoms with Gasteiger partial charge in [0.05, 0.1) is 11.6 Å². The number of hydrogen-bond donors (Lipinski definition) is 0. The summed E-state index contributed by atoms with van der Waals surface area (Å²) in [6.45, 7) is 2.21. The zero-order valence-corrected chi connectivity index (χ0v) is 11.2. The van der Waals surface area contributed by atoms with Gasteiger partial charge in [0.1, 0.15) is 11.6 Å². The molecule has 1 aromatic carbocycles. The molecular weight excluding hydrogens is 250 g/mol. The van der Waals surface area contributed by atoms with E-state index in [4.69, 9.17) is 0 Å². The highest BCUT2D eigenvalue weighted by Gasteiger charge is 2.29. The molecule has 1 aliphatic heterocycles. The smallest absolute Gasteiger partial charge is 0.184 e. The number of nitrogens with zero attached hydrogens (tertiary/aromatic N) is 2. The second-order valence-electron chi connectivity index (χ2n) is 5.10. The van der Waals surface area contributed by atoms with Crippen LogP contribution in [0.3, 0.4) is 0 Å². The van der Waals surface area contributed by atoms with Gasteiger partial charge in [-0.25, -0.2) is 8.78 Å². The molecule has 1 unspecified atom stereocenters. The van der Waals surface area contributed by atoms with Crippen LogP contribution in [-0.4, -0.2) is 55.4 Å². The lowest BCUT2D eigenvalue weighted by Gasteiger charge is -2.26. The molecule has 3 nitrogen and oxygen atoms in total. The summed E-state index contributed by atoms with van der Waals surface area (Å²) in [4.78, 5) is 16.4. The average molecular weight is 268 g/mol. The first-order valence-electron chi connectivity index (χ1n) is 6.37. The quantitative estimate of drug-likeness (QED) is 0.764. The van der Waals surface area contributed by atoms with Crippen molar-refractivity contribution in [1.82, 2.24) is 9.80 Å². The van der Waals surface area contributed by atoms with Gasteiger partial charge in [-0.2, -0.15) is 0 Å². The summed E-state index contributed by atoms with van der Waals surface area (Å²) in [5, 5.41) is 0. The van der Waals surface area contributed by atoms with Crippen LogP contribution in [0.4, 0.5) is 8.78 Å². The Morgan fingerprint density at radius 1 is 1.26 bits per heavy atom. The molecule has 2 rings (SSSR count). The van der Waals surface area contributed by atoms with Crippen LogP contribution in [0.15, 0.2) is 18.2 Å². The van der Waals surface area contributed by atoms with E-state index in [1.807, 2.05) is 23.9 Å². The fourth-order valence-corrected chi connectivity index (χ4v) is 2.42. The van der Waals surface area contributed by atoms with Crippen molar-refractivity contribution in [3.63, 3.8) is 0 Å². The van der Waals surface area contributed by atoms with Gasteiger partial charge in [-0.15, -0.1) is 0 Å². The molecular formula is C14H18F2N2O. The molecule has 1 atom stereocenters. The fraction of sp³-hybridized carbons (Fsp3) is 0.500. The lowest BCUT2D eigenvalue weighted by atomic mass is 10.0. The third-order valence-electron chi connectivity index (χ3n) is 3.56. The number of ketones is 1. The first-order valence-corrected chi connectivity index (χ1v) is 6.37. The molecule has 0 saturated carbocycles. The Bertz CT molecular complexity index is 479. The summed E-state index contributed by atoms with van der Waals surface area (Å²) in [6.07, 6.45) is 0.961. The van der Waals surface area contributed by atoms with Gasteiger partial charge in [0.2, 0.25) is 0 Å². The predicted octanol–water partition coefficient (Wildman–Crippen LogP) is 1.78. The molecule has 5 heteroatoms. The number of halogens is 2. The van der Waals surface area contributed by atoms with Crippen LogP contribution >= 0.6 is 0 Å². The Balaban J connectivity index is 2.28. The van der Waals surface area contributed by atoms with Crippen molar-refractivity contribution in [2.45, 2.75) is 12.5 Å². The van der Waals surface area contributed by atoms with E-state index >= 15 is 0 Å². The van der Waals surface area contributed by atoms with Gasteiger partial charge in [0, 0.05) is 6.54 Å². The highest BCUT2D eigenvalue weighted by atomic mass is 19.1. The number of Topliss-reactive ketones (excluding diaryl/α,β-unsaturated/α-hetero) is 1. The van der Waals surface area contributed by atoms with Gasteiger partial charge in [0.25, 0.3) is 0 Å². The number of benzene rings is 1. The van der Waals surface area contributed by atoms with Crippen molar-refractivity contribution in [1.29, 1.82) is 0 Å². The van der Waals surface area contributed by atoms with Gasteiger partial charge in [-0.3, -0.25) is 9.69 Å². The van der Waals surface area contributed by atoms with Crippen molar-refractivity contribution >= 4 is 5.78 Å². The Morgan fingerprint density at radius 3 is 2.74 bits per heavy atom. The molecule has 0 bridgehead atoms. The number of carbonyl (C=O) groups excluding carboxylic acids is 1. The zero-order valence-electron chi connectivity index (χ0n) is 11.2. The van der Waals surface area contributed by atoms with E-state index < -0.39 is 17.7 Å². The van der Waals surface area contributed by atoms with Crippen LogP contribution in [0.5, 0.6) is 0 Å². The van der Waals surface area contributed by atoms with Gasteiger partial charge < -0.3 is 4.90 Å². The predicted molar refractivity (Wildman–Crippen MR) is 69.2 cm³/mol. The van der Waals surface area contributed by atoms with E-state index in [1.165, 1.54) is 0 Å². The Kier molecular flexibility index (Phi) is 4.27. The minimum absolute atomic E-state index is 0.160. The van der Waals surface area contributed by atoms with Gasteiger partial charge in [0.15, 0.2) is 5.78 Å². The fourth-order valence-electron chi connectivity index (χ4n) is 2.42. The molecule has 1 aliphatic rings. The Morgan fingerprint density at radius 2 is 2.00 bits per heavy atom. The molecule has 0 radical (unpaired) electrons. The van der Waals surface area contributed by atoms with Crippen LogP contribution < -0.4 is 0 Å². The van der Waals surface area contributed by atoms with Crippen LogP contribution in [0.1, 0.15) is 16.8 Å². The summed E-state index contributed by atoms with van der Waals surface area (Å²) in [6, 6.07) is 2.58. The monoisotopic (exact) mass is 268 g/mol. The first-order chi connectivity index (χ1) is 8.99. The standard InChI is InChI=1S/C14H18F2N2O/c1-17-6-3-7-18(2)13(9-17)14(19)11-8-10(15)4-5-12(11)16/h4-5,8,13H,3,6-7,9H2,1-2H3. The second kappa shape index (κ2) is 5.75. The molecule has 1 fully saturated rings. The molecule has 0 aliphatic carbocycles. The van der Waals surface area contributed by atoms with Crippen LogP contribution in [0.25, 0.3) is 0 Å². The second-order valence-corrected chi connectivity index (χ2v) is 5.10. The van der Waals surface area contributed by atoms with Crippen molar-refractivity contribution < 1.29 is 13.6 Å². The molecule has 1 aromatic rings. The zero-order chi connectivity index (χ0) is 14.0. The lowest BCUT2D eigenvalue weighted by molar-refractivity contribution is 0.0834. The molecule has 0 aromatic heterocycles. The summed E-state index contributed by atoms with van der Waals surface area (Å²) in [7, 11) is 3.78. The van der Waals surface area contributed by atoms with Gasteiger partial charge in [-0.05, 0) is 51.8 Å². The minimum atomic E-state index is -0.660. The largest absolute Gasteiger partial charge is 0.304 e. The number of hydrogen-bond acceptors (Lipinski definition) is 3. The first kappa shape index (κ1) is 14.1. The van der Waals surface area contributed by atoms with E-state index in [9.17, 15) is 13.6 Å². The molecule has 1 saturated heterocycles. The molecule has 0 N–H and O–H groups in total. The van der Waals surface area contributed by atoms with E-state index in [0.29, 0.717) is 6.54 Å². The van der Waals surface area contributed by atoms with Crippen molar-refractivity contribution in [2.24, 2.45) is 0 Å². The molecule has 0 spiro atoms. The summed E-state index contributed by atoms with van der Waals surface area (Å²) >= 11 is 0. The van der Waals surface area contributed by atoms with E-state index in [-0.39, 0.29) is 11.3 Å². The van der Waals surface area contributed by atoms with E-state index in [1.54, 1.807) is 0 Å². The van der Waals surface area contributed by atoms with Crippen LogP contribution in [0, 0.1) is 11.6 Å². The third kappa shape index (κ3) is 3.16. The maximum atomic E-state index is 13.7. The average Bonchev–Trinajstić information content (AvgIpc) is 2.53. The maximum Gasteiger partial charge on any atom is 0.184 e. The Labute approximate surface area is 111 Å². The van der Waals surface area contributed by atoms with Crippen molar-refractivity contribution in [2.75, 3.05) is 33.7 Å². The van der Waals surface area contributed by atoms with E-state index in [2.05, 4.69) is 0 Å². The van der Waals surface area contributed by atoms with Crippen molar-refractivity contribution in [3.8, 4) is 0 Å². The number of likely N-dealkylation sites (N-methyl/N-ethyl adjacent to an activating group) is 2. The summed E-state index contributed by atoms with van der Waals surface area (Å²) in [5.41, 5.74) is -0.160. The summed E-state index contributed by atoms with van der Waals surface area (Å²) < 4.78 is 26.9. The summed E-state index contributed by atoms with van der Waals surface area (Å²) in [5.74, 6) is -1.60. The van der Waals surface area contributed by atoms with Gasteiger partial charge in [-0.1, -0.05) is 0 Å². The minimum Gasteiger partial charge on any atom is -0.304 e.